The average molecular weight is 603 g/mol. The number of carbonyl (C=O) groups excluding carboxylic acids is 2. The lowest BCUT2D eigenvalue weighted by atomic mass is 10.0. The lowest BCUT2D eigenvalue weighted by molar-refractivity contribution is -0.160. The lowest BCUT2D eigenvalue weighted by Crippen LogP contribution is -2.46. The summed E-state index contributed by atoms with van der Waals surface area (Å²) in [4.78, 5) is 25.1. The highest BCUT2D eigenvalue weighted by molar-refractivity contribution is 7.91. The van der Waals surface area contributed by atoms with E-state index in [-0.39, 0.29) is 34.2 Å². The summed E-state index contributed by atoms with van der Waals surface area (Å²) in [6.07, 6.45) is -0.785. The molecule has 0 saturated carbocycles. The third kappa shape index (κ3) is 8.53. The normalized spacial score (nSPS) is 13.3. The molecule has 0 spiro atoms. The summed E-state index contributed by atoms with van der Waals surface area (Å²) in [5.74, 6) is -1.31. The van der Waals surface area contributed by atoms with Gasteiger partial charge in [-0.1, -0.05) is 35.9 Å². The number of nitrogens with one attached hydrogen (secondary N) is 1. The van der Waals surface area contributed by atoms with Gasteiger partial charge in [0.15, 0.2) is 0 Å². The Bertz CT molecular complexity index is 1490. The van der Waals surface area contributed by atoms with Crippen LogP contribution in [0.2, 0.25) is 5.02 Å². The third-order valence-electron chi connectivity index (χ3n) is 6.01. The number of aliphatic hydroxyl groups is 1. The minimum absolute atomic E-state index is 0.0184. The molecule has 0 aliphatic heterocycles. The second-order valence-corrected chi connectivity index (χ2v) is 12.7. The van der Waals surface area contributed by atoms with Crippen molar-refractivity contribution in [2.75, 3.05) is 18.9 Å². The van der Waals surface area contributed by atoms with Crippen LogP contribution in [0.3, 0.4) is 0 Å². The number of nitrogen functional groups attached to an aromatic ring is 1. The van der Waals surface area contributed by atoms with Gasteiger partial charge in [-0.05, 0) is 87.7 Å². The van der Waals surface area contributed by atoms with E-state index < -0.39 is 39.5 Å². The van der Waals surface area contributed by atoms with Crippen LogP contribution in [-0.2, 0) is 30.5 Å². The molecule has 1 unspecified atom stereocenters. The first-order chi connectivity index (χ1) is 19.2. The fraction of sp³-hybridized carbons (Fsp3) is 0.333. The maximum Gasteiger partial charge on any atom is 0.340 e. The Hall–Kier alpha value is -3.44. The zero-order valence-electron chi connectivity index (χ0n) is 23.4. The highest BCUT2D eigenvalue weighted by Crippen LogP contribution is 2.26. The molecule has 3 rings (SSSR count). The number of hydrogen-bond acceptors (Lipinski definition) is 9. The molecule has 0 amide bonds. The number of hydrogen-bond donors (Lipinski definition) is 3. The first kappa shape index (κ1) is 32.1. The van der Waals surface area contributed by atoms with Crippen LogP contribution in [0.15, 0.2) is 76.5 Å². The van der Waals surface area contributed by atoms with Crippen molar-refractivity contribution in [1.82, 2.24) is 5.32 Å². The number of sulfone groups is 1. The molecule has 41 heavy (non-hydrogen) atoms. The van der Waals surface area contributed by atoms with Crippen LogP contribution >= 0.6 is 11.6 Å². The van der Waals surface area contributed by atoms with Gasteiger partial charge in [0.05, 0.1) is 22.0 Å². The third-order valence-corrected chi connectivity index (χ3v) is 8.01. The van der Waals surface area contributed by atoms with E-state index in [2.05, 4.69) is 5.32 Å². The van der Waals surface area contributed by atoms with Crippen LogP contribution < -0.4 is 11.1 Å². The first-order valence-corrected chi connectivity index (χ1v) is 14.9. The fourth-order valence-electron chi connectivity index (χ4n) is 4.00. The number of anilines is 1. The number of nitrogens with two attached hydrogens (primary N) is 1. The number of rotatable bonds is 11. The van der Waals surface area contributed by atoms with Crippen molar-refractivity contribution in [3.8, 4) is 0 Å². The molecule has 0 bridgehead atoms. The van der Waals surface area contributed by atoms with Crippen LogP contribution in [0.1, 0.15) is 55.3 Å². The predicted molar refractivity (Wildman–Crippen MR) is 156 cm³/mol. The molecule has 0 fully saturated rings. The number of benzene rings is 3. The topological polar surface area (TPSA) is 145 Å². The van der Waals surface area contributed by atoms with Crippen molar-refractivity contribution >= 4 is 39.1 Å². The quantitative estimate of drug-likeness (QED) is 0.213. The monoisotopic (exact) mass is 602 g/mol. The summed E-state index contributed by atoms with van der Waals surface area (Å²) in [6.45, 7) is 7.28. The van der Waals surface area contributed by atoms with Gasteiger partial charge in [0, 0.05) is 17.3 Å². The minimum Gasteiger partial charge on any atom is -0.462 e. The van der Waals surface area contributed by atoms with Crippen LogP contribution in [-0.4, -0.2) is 50.3 Å². The summed E-state index contributed by atoms with van der Waals surface area (Å²) in [7, 11) is -3.94. The number of carbonyl (C=O) groups is 2. The largest absolute Gasteiger partial charge is 0.462 e. The second-order valence-electron chi connectivity index (χ2n) is 10.3. The summed E-state index contributed by atoms with van der Waals surface area (Å²) in [5.41, 5.74) is 6.45. The van der Waals surface area contributed by atoms with E-state index in [9.17, 15) is 23.1 Å². The molecule has 3 aromatic carbocycles. The molecule has 3 aromatic rings. The van der Waals surface area contributed by atoms with Crippen LogP contribution in [0.4, 0.5) is 5.69 Å². The maximum atomic E-state index is 13.2. The summed E-state index contributed by atoms with van der Waals surface area (Å²) >= 11 is 6.07. The van der Waals surface area contributed by atoms with E-state index >= 15 is 0 Å². The van der Waals surface area contributed by atoms with E-state index in [1.54, 1.807) is 64.1 Å². The number of halogens is 1. The van der Waals surface area contributed by atoms with E-state index in [0.717, 1.165) is 5.56 Å². The zero-order valence-corrected chi connectivity index (χ0v) is 25.0. The molecule has 2 atom stereocenters. The van der Waals surface area contributed by atoms with Gasteiger partial charge >= 0.3 is 11.9 Å². The van der Waals surface area contributed by atoms with E-state index in [0.29, 0.717) is 17.0 Å². The molecule has 220 valence electrons. The molecule has 0 heterocycles. The van der Waals surface area contributed by atoms with Gasteiger partial charge in [-0.2, -0.15) is 0 Å². The molecule has 0 radical (unpaired) electrons. The van der Waals surface area contributed by atoms with Crippen molar-refractivity contribution in [3.05, 3.63) is 88.4 Å². The molecule has 0 aliphatic carbocycles. The Morgan fingerprint density at radius 2 is 1.68 bits per heavy atom. The molecule has 9 nitrogen and oxygen atoms in total. The number of ether oxygens (including phenoxy) is 2. The SMILES string of the molecule is CCOC(=O)c1cc(S(=O)(=O)c2ccc(CCNC(C(=O)OC(C)(C)C)[C@H](O)c3cccc(Cl)c3)cc2)ccc1N. The van der Waals surface area contributed by atoms with Gasteiger partial charge in [-0.3, -0.25) is 4.79 Å². The van der Waals surface area contributed by atoms with E-state index in [1.807, 2.05) is 0 Å². The van der Waals surface area contributed by atoms with Gasteiger partial charge in [0.1, 0.15) is 17.7 Å². The standard InChI is InChI=1S/C30H35ClN2O7S/c1-5-39-28(35)24-18-23(13-14-25(24)32)41(37,38)22-11-9-19(10-12-22)15-16-33-26(29(36)40-30(2,3)4)27(34)20-7-6-8-21(31)17-20/h6-14,17-18,26-27,33-34H,5,15-16,32H2,1-4H3/t26?,27-/m1/s1. The Kier molecular flexibility index (Phi) is 10.5. The minimum atomic E-state index is -3.94. The van der Waals surface area contributed by atoms with Gasteiger partial charge in [0.2, 0.25) is 9.84 Å². The van der Waals surface area contributed by atoms with Crippen molar-refractivity contribution in [2.24, 2.45) is 0 Å². The zero-order chi connectivity index (χ0) is 30.4. The van der Waals surface area contributed by atoms with Crippen LogP contribution in [0.25, 0.3) is 0 Å². The van der Waals surface area contributed by atoms with Gasteiger partial charge < -0.3 is 25.6 Å². The molecular weight excluding hydrogens is 568 g/mol. The molecule has 0 saturated heterocycles. The van der Waals surface area contributed by atoms with Crippen molar-refractivity contribution in [3.63, 3.8) is 0 Å². The molecule has 0 aliphatic rings. The molecule has 0 aromatic heterocycles. The maximum absolute atomic E-state index is 13.2. The summed E-state index contributed by atoms with van der Waals surface area (Å²) in [6, 6.07) is 15.7. The van der Waals surface area contributed by atoms with Crippen LogP contribution in [0.5, 0.6) is 0 Å². The van der Waals surface area contributed by atoms with Crippen molar-refractivity contribution in [2.45, 2.75) is 61.7 Å². The number of esters is 2. The first-order valence-electron chi connectivity index (χ1n) is 13.0. The Labute approximate surface area is 245 Å². The Morgan fingerprint density at radius 3 is 2.29 bits per heavy atom. The van der Waals surface area contributed by atoms with Gasteiger partial charge in [-0.25, -0.2) is 13.2 Å². The molecule has 4 N–H and O–H groups in total. The van der Waals surface area contributed by atoms with Crippen molar-refractivity contribution in [1.29, 1.82) is 0 Å². The Balaban J connectivity index is 1.74. The highest BCUT2D eigenvalue weighted by Gasteiger charge is 2.32. The predicted octanol–water partition coefficient (Wildman–Crippen LogP) is 4.51. The van der Waals surface area contributed by atoms with Gasteiger partial charge in [0.25, 0.3) is 0 Å². The van der Waals surface area contributed by atoms with Crippen molar-refractivity contribution < 1.29 is 32.6 Å². The average Bonchev–Trinajstić information content (AvgIpc) is 2.90. The smallest absolute Gasteiger partial charge is 0.340 e. The summed E-state index contributed by atoms with van der Waals surface area (Å²) < 4.78 is 36.9. The molecular formula is C30H35ClN2O7S. The van der Waals surface area contributed by atoms with E-state index in [1.165, 1.54) is 30.3 Å². The van der Waals surface area contributed by atoms with Crippen LogP contribution in [0, 0.1) is 0 Å². The lowest BCUT2D eigenvalue weighted by Gasteiger charge is -2.27. The number of aliphatic hydroxyl groups excluding tert-OH is 1. The second kappa shape index (κ2) is 13.5. The fourth-order valence-corrected chi connectivity index (χ4v) is 5.49. The van der Waals surface area contributed by atoms with Gasteiger partial charge in [-0.15, -0.1) is 0 Å². The highest BCUT2D eigenvalue weighted by atomic mass is 35.5. The molecule has 11 heteroatoms. The Morgan fingerprint density at radius 1 is 1.02 bits per heavy atom. The summed E-state index contributed by atoms with van der Waals surface area (Å²) in [5, 5.41) is 14.5. The van der Waals surface area contributed by atoms with E-state index in [4.69, 9.17) is 26.8 Å².